The maximum Gasteiger partial charge on any atom is 0.222 e. The first-order valence-electron chi connectivity index (χ1n) is 7.16. The molecule has 0 aliphatic carbocycles. The number of nitrogens with zero attached hydrogens (tertiary/aromatic N) is 1. The van der Waals surface area contributed by atoms with E-state index in [9.17, 15) is 4.79 Å². The Bertz CT molecular complexity index is 220. The average Bonchev–Trinajstić information content (AvgIpc) is 2.27. The summed E-state index contributed by atoms with van der Waals surface area (Å²) < 4.78 is 0. The zero-order valence-electron chi connectivity index (χ0n) is 11.5. The van der Waals surface area contributed by atoms with Gasteiger partial charge < -0.3 is 10.6 Å². The van der Waals surface area contributed by atoms with Crippen LogP contribution in [0.15, 0.2) is 0 Å². The second-order valence-electron chi connectivity index (χ2n) is 5.56. The maximum atomic E-state index is 12.0. The van der Waals surface area contributed by atoms with Crippen molar-refractivity contribution in [2.45, 2.75) is 64.8 Å². The minimum absolute atomic E-state index is 0.183. The number of hydrogen-bond donors (Lipinski definition) is 1. The molecule has 0 aromatic heterocycles. The molecule has 1 amide bonds. The Hall–Kier alpha value is -0.570. The zero-order valence-corrected chi connectivity index (χ0v) is 11.5. The largest absolute Gasteiger partial charge is 0.341 e. The molecule has 3 heteroatoms. The predicted octanol–water partition coefficient (Wildman–Crippen LogP) is 2.54. The maximum absolute atomic E-state index is 12.0. The minimum atomic E-state index is 0.183. The molecule has 2 unspecified atom stereocenters. The Balaban J connectivity index is 2.18. The lowest BCUT2D eigenvalue weighted by atomic mass is 9.96. The van der Waals surface area contributed by atoms with Crippen molar-refractivity contribution < 1.29 is 4.79 Å². The Kier molecular flexibility index (Phi) is 6.56. The summed E-state index contributed by atoms with van der Waals surface area (Å²) in [6.45, 7) is 6.06. The van der Waals surface area contributed by atoms with Gasteiger partial charge in [-0.3, -0.25) is 4.79 Å². The van der Waals surface area contributed by atoms with Crippen molar-refractivity contribution in [1.29, 1.82) is 0 Å². The molecule has 1 aliphatic heterocycles. The quantitative estimate of drug-likeness (QED) is 0.725. The van der Waals surface area contributed by atoms with E-state index >= 15 is 0 Å². The Morgan fingerprint density at radius 1 is 1.24 bits per heavy atom. The van der Waals surface area contributed by atoms with Crippen LogP contribution in [0.1, 0.15) is 58.8 Å². The van der Waals surface area contributed by atoms with Gasteiger partial charge in [0.15, 0.2) is 0 Å². The summed E-state index contributed by atoms with van der Waals surface area (Å²) in [7, 11) is 0. The van der Waals surface area contributed by atoms with Crippen LogP contribution in [0.4, 0.5) is 0 Å². The predicted molar refractivity (Wildman–Crippen MR) is 71.7 cm³/mol. The number of nitrogens with two attached hydrogens (primary N) is 1. The van der Waals surface area contributed by atoms with E-state index in [0.717, 1.165) is 25.9 Å². The minimum Gasteiger partial charge on any atom is -0.341 e. The summed E-state index contributed by atoms with van der Waals surface area (Å²) in [6, 6.07) is 0.183. The van der Waals surface area contributed by atoms with Crippen LogP contribution in [-0.2, 0) is 4.79 Å². The van der Waals surface area contributed by atoms with Gasteiger partial charge >= 0.3 is 0 Å². The van der Waals surface area contributed by atoms with Crippen LogP contribution in [0.5, 0.6) is 0 Å². The number of hydrogen-bond acceptors (Lipinski definition) is 2. The molecule has 0 bridgehead atoms. The van der Waals surface area contributed by atoms with E-state index in [1.165, 1.54) is 25.7 Å². The van der Waals surface area contributed by atoms with Crippen molar-refractivity contribution in [2.24, 2.45) is 11.7 Å². The smallest absolute Gasteiger partial charge is 0.222 e. The fourth-order valence-electron chi connectivity index (χ4n) is 2.64. The number of piperidine rings is 1. The first kappa shape index (κ1) is 14.5. The fraction of sp³-hybridized carbons (Fsp3) is 0.929. The van der Waals surface area contributed by atoms with Crippen molar-refractivity contribution in [2.75, 3.05) is 13.1 Å². The van der Waals surface area contributed by atoms with E-state index in [1.807, 2.05) is 4.90 Å². The molecule has 1 fully saturated rings. The molecule has 0 spiro atoms. The van der Waals surface area contributed by atoms with E-state index < -0.39 is 0 Å². The molecule has 1 aliphatic rings. The molecule has 0 radical (unpaired) electrons. The van der Waals surface area contributed by atoms with Crippen LogP contribution in [0.3, 0.4) is 0 Å². The summed E-state index contributed by atoms with van der Waals surface area (Å²) in [6.07, 6.45) is 7.81. The molecule has 1 saturated heterocycles. The molecule has 2 N–H and O–H groups in total. The van der Waals surface area contributed by atoms with E-state index in [0.29, 0.717) is 18.2 Å². The van der Waals surface area contributed by atoms with Crippen molar-refractivity contribution in [3.05, 3.63) is 0 Å². The summed E-state index contributed by atoms with van der Waals surface area (Å²) in [4.78, 5) is 14.0. The van der Waals surface area contributed by atoms with Crippen LogP contribution in [-0.4, -0.2) is 29.9 Å². The molecule has 1 heterocycles. The molecule has 1 rings (SSSR count). The van der Waals surface area contributed by atoms with Crippen LogP contribution < -0.4 is 5.73 Å². The monoisotopic (exact) mass is 240 g/mol. The normalized spacial score (nSPS) is 25.0. The molecular formula is C14H28N2O. The third-order valence-corrected chi connectivity index (χ3v) is 3.54. The highest BCUT2D eigenvalue weighted by atomic mass is 16.2. The van der Waals surface area contributed by atoms with Gasteiger partial charge in [0.2, 0.25) is 5.91 Å². The molecular weight excluding hydrogens is 212 g/mol. The lowest BCUT2D eigenvalue weighted by Crippen LogP contribution is -2.48. The standard InChI is InChI=1S/C14H28N2O/c1-3-4-5-6-7-8-14(17)16-10-12(2)9-13(15)11-16/h12-13H,3-11,15H2,1-2H3. The Morgan fingerprint density at radius 3 is 2.59 bits per heavy atom. The number of amides is 1. The third-order valence-electron chi connectivity index (χ3n) is 3.54. The second-order valence-corrected chi connectivity index (χ2v) is 5.56. The highest BCUT2D eigenvalue weighted by Crippen LogP contribution is 2.16. The van der Waals surface area contributed by atoms with Crippen LogP contribution in [0.2, 0.25) is 0 Å². The topological polar surface area (TPSA) is 46.3 Å². The first-order chi connectivity index (χ1) is 8.13. The summed E-state index contributed by atoms with van der Waals surface area (Å²) in [5.41, 5.74) is 5.95. The molecule has 100 valence electrons. The van der Waals surface area contributed by atoms with Gasteiger partial charge in [-0.1, -0.05) is 39.5 Å². The number of unbranched alkanes of at least 4 members (excludes halogenated alkanes) is 4. The van der Waals surface area contributed by atoms with Crippen molar-refractivity contribution in [3.8, 4) is 0 Å². The summed E-state index contributed by atoms with van der Waals surface area (Å²) in [5.74, 6) is 0.867. The fourth-order valence-corrected chi connectivity index (χ4v) is 2.64. The van der Waals surface area contributed by atoms with E-state index in [1.54, 1.807) is 0 Å². The highest BCUT2D eigenvalue weighted by Gasteiger charge is 2.24. The van der Waals surface area contributed by atoms with E-state index in [4.69, 9.17) is 5.73 Å². The molecule has 17 heavy (non-hydrogen) atoms. The summed E-state index contributed by atoms with van der Waals surface area (Å²) >= 11 is 0. The Morgan fingerprint density at radius 2 is 1.94 bits per heavy atom. The summed E-state index contributed by atoms with van der Waals surface area (Å²) in [5, 5.41) is 0. The molecule has 3 nitrogen and oxygen atoms in total. The zero-order chi connectivity index (χ0) is 12.7. The van der Waals surface area contributed by atoms with Crippen molar-refractivity contribution in [1.82, 2.24) is 4.90 Å². The lowest BCUT2D eigenvalue weighted by Gasteiger charge is -2.34. The van der Waals surface area contributed by atoms with Crippen LogP contribution in [0, 0.1) is 5.92 Å². The number of carbonyl (C=O) groups is 1. The van der Waals surface area contributed by atoms with E-state index in [2.05, 4.69) is 13.8 Å². The molecule has 2 atom stereocenters. The van der Waals surface area contributed by atoms with E-state index in [-0.39, 0.29) is 6.04 Å². The number of likely N-dealkylation sites (tertiary alicyclic amines) is 1. The van der Waals surface area contributed by atoms with Crippen molar-refractivity contribution >= 4 is 5.91 Å². The lowest BCUT2D eigenvalue weighted by molar-refractivity contribution is -0.133. The van der Waals surface area contributed by atoms with Gasteiger partial charge in [-0.05, 0) is 18.8 Å². The SMILES string of the molecule is CCCCCCCC(=O)N1CC(C)CC(N)C1. The van der Waals surface area contributed by atoms with Crippen LogP contribution >= 0.6 is 0 Å². The number of carbonyl (C=O) groups excluding carboxylic acids is 1. The first-order valence-corrected chi connectivity index (χ1v) is 7.16. The third kappa shape index (κ3) is 5.53. The van der Waals surface area contributed by atoms with Gasteiger partial charge in [-0.15, -0.1) is 0 Å². The van der Waals surface area contributed by atoms with Gasteiger partial charge in [0, 0.05) is 25.6 Å². The molecule has 0 saturated carbocycles. The van der Waals surface area contributed by atoms with Gasteiger partial charge in [0.25, 0.3) is 0 Å². The van der Waals surface area contributed by atoms with Crippen molar-refractivity contribution in [3.63, 3.8) is 0 Å². The van der Waals surface area contributed by atoms with Gasteiger partial charge in [0.05, 0.1) is 0 Å². The van der Waals surface area contributed by atoms with Gasteiger partial charge in [-0.2, -0.15) is 0 Å². The average molecular weight is 240 g/mol. The van der Waals surface area contributed by atoms with Gasteiger partial charge in [-0.25, -0.2) is 0 Å². The molecule has 0 aromatic rings. The Labute approximate surface area is 106 Å². The second kappa shape index (κ2) is 7.70. The van der Waals surface area contributed by atoms with Crippen LogP contribution in [0.25, 0.3) is 0 Å². The highest BCUT2D eigenvalue weighted by molar-refractivity contribution is 5.76. The molecule has 0 aromatic carbocycles. The van der Waals surface area contributed by atoms with Gasteiger partial charge in [0.1, 0.15) is 0 Å². The number of rotatable bonds is 6.